The summed E-state index contributed by atoms with van der Waals surface area (Å²) in [6, 6.07) is 5.39. The van der Waals surface area contributed by atoms with Crippen molar-refractivity contribution >= 4 is 24.0 Å². The first-order chi connectivity index (χ1) is 9.76. The van der Waals surface area contributed by atoms with Gasteiger partial charge in [-0.05, 0) is 48.6 Å². The summed E-state index contributed by atoms with van der Waals surface area (Å²) in [6.07, 6.45) is 4.35. The van der Waals surface area contributed by atoms with Crippen molar-refractivity contribution in [1.82, 2.24) is 10.6 Å². The lowest BCUT2D eigenvalue weighted by atomic mass is 9.95. The van der Waals surface area contributed by atoms with Crippen LogP contribution in [0.4, 0.5) is 0 Å². The average Bonchev–Trinajstić information content (AvgIpc) is 2.50. The predicted octanol–water partition coefficient (Wildman–Crippen LogP) is 1.38. The van der Waals surface area contributed by atoms with E-state index in [4.69, 9.17) is 0 Å². The molecule has 0 unspecified atom stereocenters. The molecule has 0 saturated heterocycles. The van der Waals surface area contributed by atoms with Gasteiger partial charge in [0.1, 0.15) is 6.29 Å². The Balaban J connectivity index is 2.10. The third-order valence-electron chi connectivity index (χ3n) is 3.50. The van der Waals surface area contributed by atoms with Crippen LogP contribution in [0.3, 0.4) is 0 Å². The number of aldehydes is 1. The van der Waals surface area contributed by atoms with Gasteiger partial charge in [0.2, 0.25) is 0 Å². The lowest BCUT2D eigenvalue weighted by Gasteiger charge is -2.21. The molecule has 0 aliphatic carbocycles. The van der Waals surface area contributed by atoms with Crippen LogP contribution in [0.15, 0.2) is 18.2 Å². The Kier molecular flexibility index (Phi) is 5.61. The summed E-state index contributed by atoms with van der Waals surface area (Å²) in [5.74, 6) is 0.725. The molecule has 0 bridgehead atoms. The van der Waals surface area contributed by atoms with E-state index in [1.165, 1.54) is 5.56 Å². The number of thioether (sulfide) groups is 1. The monoisotopic (exact) mass is 292 g/mol. The predicted molar refractivity (Wildman–Crippen MR) is 82.2 cm³/mol. The first kappa shape index (κ1) is 15.1. The second-order valence-corrected chi connectivity index (χ2v) is 5.85. The molecular formula is C15H20N2O2S. The molecule has 4 nitrogen and oxygen atoms in total. The summed E-state index contributed by atoms with van der Waals surface area (Å²) in [7, 11) is 0. The highest BCUT2D eigenvalue weighted by Crippen LogP contribution is 2.18. The number of carbonyl (C=O) groups excluding carboxylic acids is 2. The molecule has 0 spiro atoms. The molecule has 1 atom stereocenters. The molecule has 1 amide bonds. The Bertz CT molecular complexity index is 491. The van der Waals surface area contributed by atoms with E-state index in [2.05, 4.69) is 10.6 Å². The topological polar surface area (TPSA) is 58.2 Å². The molecule has 1 heterocycles. The van der Waals surface area contributed by atoms with Gasteiger partial charge in [-0.25, -0.2) is 0 Å². The molecule has 5 heteroatoms. The van der Waals surface area contributed by atoms with E-state index >= 15 is 0 Å². The molecule has 108 valence electrons. The summed E-state index contributed by atoms with van der Waals surface area (Å²) in [6.45, 7) is 1.70. The molecule has 1 aromatic carbocycles. The molecule has 2 rings (SSSR count). The molecule has 20 heavy (non-hydrogen) atoms. The van der Waals surface area contributed by atoms with Crippen LogP contribution in [0, 0.1) is 0 Å². The maximum atomic E-state index is 12.4. The number of amides is 1. The van der Waals surface area contributed by atoms with Gasteiger partial charge >= 0.3 is 0 Å². The number of nitrogens with one attached hydrogen (secondary N) is 2. The van der Waals surface area contributed by atoms with Crippen molar-refractivity contribution < 1.29 is 9.59 Å². The smallest absolute Gasteiger partial charge is 0.252 e. The minimum Gasteiger partial charge on any atom is -0.342 e. The van der Waals surface area contributed by atoms with Crippen molar-refractivity contribution in [2.24, 2.45) is 0 Å². The molecule has 1 aromatic rings. The standard InChI is InChI=1S/C15H20N2O2S/c1-20-8-6-12(10-18)17-15(19)14-4-2-3-11-9-16-7-5-13(11)14/h2-4,10,12,16H,5-9H2,1H3,(H,17,19)/t12-/m0/s1. The fourth-order valence-corrected chi connectivity index (χ4v) is 2.90. The quantitative estimate of drug-likeness (QED) is 0.778. The van der Waals surface area contributed by atoms with Gasteiger partial charge in [-0.15, -0.1) is 0 Å². The highest BCUT2D eigenvalue weighted by Gasteiger charge is 2.19. The first-order valence-electron chi connectivity index (χ1n) is 6.83. The van der Waals surface area contributed by atoms with Crippen LogP contribution in [-0.2, 0) is 17.8 Å². The number of carbonyl (C=O) groups is 2. The third-order valence-corrected chi connectivity index (χ3v) is 4.14. The number of hydrogen-bond acceptors (Lipinski definition) is 4. The van der Waals surface area contributed by atoms with Crippen LogP contribution in [0.5, 0.6) is 0 Å². The Morgan fingerprint density at radius 3 is 3.15 bits per heavy atom. The molecule has 0 radical (unpaired) electrons. The molecule has 0 saturated carbocycles. The maximum absolute atomic E-state index is 12.4. The van der Waals surface area contributed by atoms with E-state index in [1.54, 1.807) is 11.8 Å². The van der Waals surface area contributed by atoms with E-state index in [0.717, 1.165) is 37.1 Å². The van der Waals surface area contributed by atoms with Crippen molar-refractivity contribution in [3.05, 3.63) is 34.9 Å². The number of hydrogen-bond donors (Lipinski definition) is 2. The van der Waals surface area contributed by atoms with Gasteiger partial charge in [0.15, 0.2) is 0 Å². The molecule has 0 fully saturated rings. The Morgan fingerprint density at radius 1 is 1.55 bits per heavy atom. The Morgan fingerprint density at radius 2 is 2.40 bits per heavy atom. The van der Waals surface area contributed by atoms with E-state index in [-0.39, 0.29) is 5.91 Å². The highest BCUT2D eigenvalue weighted by atomic mass is 32.2. The van der Waals surface area contributed by atoms with Crippen molar-refractivity contribution in [1.29, 1.82) is 0 Å². The zero-order valence-electron chi connectivity index (χ0n) is 11.6. The molecule has 1 aliphatic rings. The average molecular weight is 292 g/mol. The van der Waals surface area contributed by atoms with Crippen LogP contribution >= 0.6 is 11.8 Å². The Hall–Kier alpha value is -1.33. The number of fused-ring (bicyclic) bond motifs is 1. The van der Waals surface area contributed by atoms with E-state index < -0.39 is 6.04 Å². The first-order valence-corrected chi connectivity index (χ1v) is 8.22. The van der Waals surface area contributed by atoms with Crippen molar-refractivity contribution in [3.8, 4) is 0 Å². The molecular weight excluding hydrogens is 272 g/mol. The molecule has 0 aromatic heterocycles. The van der Waals surface area contributed by atoms with Gasteiger partial charge in [-0.3, -0.25) is 4.79 Å². The molecule has 2 N–H and O–H groups in total. The van der Waals surface area contributed by atoms with Crippen molar-refractivity contribution in [3.63, 3.8) is 0 Å². The van der Waals surface area contributed by atoms with Gasteiger partial charge in [0.25, 0.3) is 5.91 Å². The van der Waals surface area contributed by atoms with Crippen LogP contribution in [0.25, 0.3) is 0 Å². The fourth-order valence-electron chi connectivity index (χ4n) is 2.41. The summed E-state index contributed by atoms with van der Waals surface area (Å²) in [5, 5.41) is 6.12. The van der Waals surface area contributed by atoms with Gasteiger partial charge in [-0.2, -0.15) is 11.8 Å². The third kappa shape index (κ3) is 3.61. The fraction of sp³-hybridized carbons (Fsp3) is 0.467. The summed E-state index contributed by atoms with van der Waals surface area (Å²) < 4.78 is 0. The minimum absolute atomic E-state index is 0.137. The zero-order chi connectivity index (χ0) is 14.4. The van der Waals surface area contributed by atoms with Crippen molar-refractivity contribution in [2.45, 2.75) is 25.4 Å². The van der Waals surface area contributed by atoms with E-state index in [9.17, 15) is 9.59 Å². The SMILES string of the molecule is CSCC[C@@H](C=O)NC(=O)c1cccc2c1CCNC2. The van der Waals surface area contributed by atoms with Crippen molar-refractivity contribution in [2.75, 3.05) is 18.6 Å². The lowest BCUT2D eigenvalue weighted by molar-refractivity contribution is -0.109. The normalized spacial score (nSPS) is 15.2. The van der Waals surface area contributed by atoms with Crippen LogP contribution in [0.2, 0.25) is 0 Å². The van der Waals surface area contributed by atoms with Crippen LogP contribution < -0.4 is 10.6 Å². The van der Waals surface area contributed by atoms with Crippen LogP contribution in [0.1, 0.15) is 27.9 Å². The second kappa shape index (κ2) is 7.45. The van der Waals surface area contributed by atoms with Gasteiger partial charge in [0, 0.05) is 12.1 Å². The highest BCUT2D eigenvalue weighted by molar-refractivity contribution is 7.98. The second-order valence-electron chi connectivity index (χ2n) is 4.87. The largest absolute Gasteiger partial charge is 0.342 e. The van der Waals surface area contributed by atoms with Gasteiger partial charge in [0.05, 0.1) is 6.04 Å². The minimum atomic E-state index is -0.396. The summed E-state index contributed by atoms with van der Waals surface area (Å²) in [5.41, 5.74) is 2.99. The molecule has 1 aliphatic heterocycles. The van der Waals surface area contributed by atoms with E-state index in [1.807, 2.05) is 24.5 Å². The maximum Gasteiger partial charge on any atom is 0.252 e. The van der Waals surface area contributed by atoms with Gasteiger partial charge < -0.3 is 15.4 Å². The van der Waals surface area contributed by atoms with E-state index in [0.29, 0.717) is 12.0 Å². The zero-order valence-corrected chi connectivity index (χ0v) is 12.5. The summed E-state index contributed by atoms with van der Waals surface area (Å²) >= 11 is 1.67. The summed E-state index contributed by atoms with van der Waals surface area (Å²) in [4.78, 5) is 23.4. The number of rotatable bonds is 6. The van der Waals surface area contributed by atoms with Crippen LogP contribution in [-0.4, -0.2) is 36.8 Å². The number of benzene rings is 1. The Labute approximate surface area is 123 Å². The lowest BCUT2D eigenvalue weighted by Crippen LogP contribution is -2.37. The van der Waals surface area contributed by atoms with Gasteiger partial charge in [-0.1, -0.05) is 12.1 Å².